The van der Waals surface area contributed by atoms with Crippen LogP contribution >= 0.6 is 24.0 Å². The number of aromatic nitrogens is 2. The zero-order chi connectivity index (χ0) is 22.7. The van der Waals surface area contributed by atoms with E-state index in [0.29, 0.717) is 39.1 Å². The molecule has 0 atom stereocenters. The zero-order valence-electron chi connectivity index (χ0n) is 19.0. The molecular weight excluding hydrogens is 463 g/mol. The van der Waals surface area contributed by atoms with Gasteiger partial charge in [0.1, 0.15) is 11.5 Å². The molecule has 2 aromatic heterocycles. The minimum atomic E-state index is -0.0389. The van der Waals surface area contributed by atoms with Crippen LogP contribution in [-0.4, -0.2) is 48.1 Å². The zero-order valence-corrected chi connectivity index (χ0v) is 20.6. The van der Waals surface area contributed by atoms with Crippen molar-refractivity contribution in [2.24, 2.45) is 0 Å². The summed E-state index contributed by atoms with van der Waals surface area (Å²) in [5.74, 6) is 1.01. The fourth-order valence-corrected chi connectivity index (χ4v) is 4.25. The lowest BCUT2D eigenvalue weighted by Crippen LogP contribution is -2.32. The number of amides is 1. The predicted molar refractivity (Wildman–Crippen MR) is 134 cm³/mol. The Labute approximate surface area is 204 Å². The smallest absolute Gasteiger partial charge is 0.257 e. The van der Waals surface area contributed by atoms with E-state index in [-0.39, 0.29) is 18.3 Å². The van der Waals surface area contributed by atoms with E-state index in [1.54, 1.807) is 32.5 Å². The molecule has 0 saturated carbocycles. The van der Waals surface area contributed by atoms with Crippen LogP contribution in [0.5, 0.6) is 11.5 Å². The Morgan fingerprint density at radius 3 is 2.42 bits per heavy atom. The van der Waals surface area contributed by atoms with Gasteiger partial charge in [0.2, 0.25) is 0 Å². The Morgan fingerprint density at radius 1 is 1.06 bits per heavy atom. The molecule has 1 aliphatic rings. The van der Waals surface area contributed by atoms with Crippen LogP contribution in [0.4, 0.5) is 11.4 Å². The summed E-state index contributed by atoms with van der Waals surface area (Å²) in [6, 6.07) is 7.29. The van der Waals surface area contributed by atoms with E-state index in [4.69, 9.17) is 21.1 Å². The first-order valence-corrected chi connectivity index (χ1v) is 11.1. The number of halogens is 2. The SMILES string of the molecule is COc1cc(OC)c(Nc2c(C(=O)N3CCCCCC3)cnc3nc(C)ccc23)cc1Cl.Cl. The summed E-state index contributed by atoms with van der Waals surface area (Å²) >= 11 is 6.39. The molecule has 0 spiro atoms. The van der Waals surface area contributed by atoms with E-state index in [9.17, 15) is 4.79 Å². The normalized spacial score (nSPS) is 13.8. The average molecular weight is 491 g/mol. The van der Waals surface area contributed by atoms with Crippen LogP contribution < -0.4 is 14.8 Å². The van der Waals surface area contributed by atoms with Crippen molar-refractivity contribution in [1.29, 1.82) is 0 Å². The molecule has 0 aliphatic carbocycles. The highest BCUT2D eigenvalue weighted by Gasteiger charge is 2.23. The van der Waals surface area contributed by atoms with Gasteiger partial charge >= 0.3 is 0 Å². The Hall–Kier alpha value is -2.77. The standard InChI is InChI=1S/C24H27ClN4O3.ClH/c1-15-8-9-16-22(28-19-12-18(25)20(31-2)13-21(19)32-3)17(14-26-23(16)27-15)24(30)29-10-6-4-5-7-11-29;/h8-9,12-14H,4-7,10-11H2,1-3H3,(H,26,27,28);1H. The van der Waals surface area contributed by atoms with Crippen LogP contribution in [0.3, 0.4) is 0 Å². The number of hydrogen-bond donors (Lipinski definition) is 1. The van der Waals surface area contributed by atoms with Crippen LogP contribution in [0.25, 0.3) is 11.0 Å². The van der Waals surface area contributed by atoms with Gasteiger partial charge in [-0.25, -0.2) is 9.97 Å². The summed E-state index contributed by atoms with van der Waals surface area (Å²) in [6.45, 7) is 3.41. The van der Waals surface area contributed by atoms with Crippen molar-refractivity contribution in [3.05, 3.63) is 46.7 Å². The number of carbonyl (C=O) groups is 1. The highest BCUT2D eigenvalue weighted by Crippen LogP contribution is 2.39. The first kappa shape index (κ1) is 24.9. The van der Waals surface area contributed by atoms with E-state index < -0.39 is 0 Å². The van der Waals surface area contributed by atoms with Crippen molar-refractivity contribution < 1.29 is 14.3 Å². The van der Waals surface area contributed by atoms with Gasteiger partial charge in [-0.1, -0.05) is 24.4 Å². The van der Waals surface area contributed by atoms with Crippen LogP contribution in [0.2, 0.25) is 5.02 Å². The monoisotopic (exact) mass is 490 g/mol. The Morgan fingerprint density at radius 2 is 1.76 bits per heavy atom. The lowest BCUT2D eigenvalue weighted by Gasteiger charge is -2.23. The number of anilines is 2. The highest BCUT2D eigenvalue weighted by molar-refractivity contribution is 6.32. The van der Waals surface area contributed by atoms with Crippen molar-refractivity contribution >= 4 is 52.3 Å². The van der Waals surface area contributed by atoms with Gasteiger partial charge in [-0.15, -0.1) is 12.4 Å². The highest BCUT2D eigenvalue weighted by atomic mass is 35.5. The number of likely N-dealkylation sites (tertiary alicyclic amines) is 1. The van der Waals surface area contributed by atoms with Crippen molar-refractivity contribution in [3.63, 3.8) is 0 Å². The molecule has 4 rings (SSSR count). The number of rotatable bonds is 5. The maximum Gasteiger partial charge on any atom is 0.257 e. The van der Waals surface area contributed by atoms with Crippen molar-refractivity contribution in [2.45, 2.75) is 32.6 Å². The molecule has 9 heteroatoms. The third-order valence-electron chi connectivity index (χ3n) is 5.73. The third-order valence-corrected chi connectivity index (χ3v) is 6.02. The van der Waals surface area contributed by atoms with E-state index in [0.717, 1.165) is 49.9 Å². The summed E-state index contributed by atoms with van der Waals surface area (Å²) in [5.41, 5.74) is 3.18. The second kappa shape index (κ2) is 10.9. The van der Waals surface area contributed by atoms with E-state index in [1.807, 2.05) is 24.0 Å². The molecule has 176 valence electrons. The number of methoxy groups -OCH3 is 2. The Bertz CT molecular complexity index is 1150. The number of hydrogen-bond acceptors (Lipinski definition) is 6. The first-order valence-electron chi connectivity index (χ1n) is 10.8. The number of aryl methyl sites for hydroxylation is 1. The van der Waals surface area contributed by atoms with Crippen LogP contribution in [0.1, 0.15) is 41.7 Å². The van der Waals surface area contributed by atoms with Crippen molar-refractivity contribution in [1.82, 2.24) is 14.9 Å². The topological polar surface area (TPSA) is 76.6 Å². The predicted octanol–water partition coefficient (Wildman–Crippen LogP) is 5.79. The summed E-state index contributed by atoms with van der Waals surface area (Å²) in [7, 11) is 3.13. The molecule has 1 N–H and O–H groups in total. The quantitative estimate of drug-likeness (QED) is 0.487. The Kier molecular flexibility index (Phi) is 8.21. The minimum absolute atomic E-state index is 0. The molecule has 1 fully saturated rings. The summed E-state index contributed by atoms with van der Waals surface area (Å²) < 4.78 is 10.9. The molecule has 1 saturated heterocycles. The van der Waals surface area contributed by atoms with Gasteiger partial charge in [-0.3, -0.25) is 4.79 Å². The van der Waals surface area contributed by atoms with Gasteiger partial charge < -0.3 is 19.7 Å². The van der Waals surface area contributed by atoms with Gasteiger partial charge in [-0.05, 0) is 38.0 Å². The number of ether oxygens (including phenoxy) is 2. The lowest BCUT2D eigenvalue weighted by atomic mass is 10.1. The number of pyridine rings is 2. The molecule has 3 heterocycles. The molecular formula is C24H28Cl2N4O3. The van der Waals surface area contributed by atoms with Crippen LogP contribution in [0.15, 0.2) is 30.5 Å². The second-order valence-corrected chi connectivity index (χ2v) is 8.30. The molecule has 0 unspecified atom stereocenters. The van der Waals surface area contributed by atoms with Crippen LogP contribution in [-0.2, 0) is 0 Å². The molecule has 7 nitrogen and oxygen atoms in total. The van der Waals surface area contributed by atoms with Crippen molar-refractivity contribution in [2.75, 3.05) is 32.6 Å². The molecule has 3 aromatic rings. The summed E-state index contributed by atoms with van der Waals surface area (Å²) in [5, 5.41) is 4.58. The summed E-state index contributed by atoms with van der Waals surface area (Å²) in [6.07, 6.45) is 5.93. The van der Waals surface area contributed by atoms with Gasteiger partial charge in [0, 0.05) is 36.4 Å². The molecule has 1 aromatic carbocycles. The molecule has 0 bridgehead atoms. The lowest BCUT2D eigenvalue weighted by molar-refractivity contribution is 0.0762. The first-order chi connectivity index (χ1) is 15.5. The molecule has 1 amide bonds. The maximum absolute atomic E-state index is 13.5. The molecule has 33 heavy (non-hydrogen) atoms. The van der Waals surface area contributed by atoms with Gasteiger partial charge in [0.25, 0.3) is 5.91 Å². The third kappa shape index (κ3) is 5.25. The molecule has 1 aliphatic heterocycles. The maximum atomic E-state index is 13.5. The summed E-state index contributed by atoms with van der Waals surface area (Å²) in [4.78, 5) is 24.5. The van der Waals surface area contributed by atoms with Crippen molar-refractivity contribution in [3.8, 4) is 11.5 Å². The number of fused-ring (bicyclic) bond motifs is 1. The van der Waals surface area contributed by atoms with E-state index >= 15 is 0 Å². The molecule has 0 radical (unpaired) electrons. The Balaban J connectivity index is 0.00000306. The number of benzene rings is 1. The van der Waals surface area contributed by atoms with Gasteiger partial charge in [0.05, 0.1) is 36.2 Å². The fourth-order valence-electron chi connectivity index (χ4n) is 4.01. The van der Waals surface area contributed by atoms with Gasteiger partial charge in [0.15, 0.2) is 5.65 Å². The minimum Gasteiger partial charge on any atom is -0.495 e. The number of carbonyl (C=O) groups excluding carboxylic acids is 1. The van der Waals surface area contributed by atoms with Gasteiger partial charge in [-0.2, -0.15) is 0 Å². The number of nitrogens with zero attached hydrogens (tertiary/aromatic N) is 3. The van der Waals surface area contributed by atoms with E-state index in [1.165, 1.54) is 0 Å². The number of nitrogens with one attached hydrogen (secondary N) is 1. The van der Waals surface area contributed by atoms with E-state index in [2.05, 4.69) is 15.3 Å². The average Bonchev–Trinajstić information content (AvgIpc) is 3.08. The largest absolute Gasteiger partial charge is 0.495 e. The second-order valence-electron chi connectivity index (χ2n) is 7.89. The fraction of sp³-hybridized carbons (Fsp3) is 0.375. The van der Waals surface area contributed by atoms with Crippen LogP contribution in [0, 0.1) is 6.92 Å².